The van der Waals surface area contributed by atoms with Gasteiger partial charge in [-0.3, -0.25) is 4.79 Å². The van der Waals surface area contributed by atoms with Gasteiger partial charge in [-0.25, -0.2) is 13.4 Å². The lowest BCUT2D eigenvalue weighted by molar-refractivity contribution is -0.133. The highest BCUT2D eigenvalue weighted by Crippen LogP contribution is 2.25. The summed E-state index contributed by atoms with van der Waals surface area (Å²) in [5.74, 6) is 0.0253. The third kappa shape index (κ3) is 4.21. The summed E-state index contributed by atoms with van der Waals surface area (Å²) >= 11 is 1.43. The Hall–Kier alpha value is -1.81. The molecule has 1 aliphatic heterocycles. The molecule has 1 amide bonds. The van der Waals surface area contributed by atoms with Gasteiger partial charge in [-0.05, 0) is 43.7 Å². The highest BCUT2D eigenvalue weighted by molar-refractivity contribution is 7.89. The number of hydrogen-bond donors (Lipinski definition) is 1. The normalized spacial score (nSPS) is 15.6. The van der Waals surface area contributed by atoms with Gasteiger partial charge in [0, 0.05) is 31.7 Å². The number of carbonyl (C=O) groups excluding carboxylic acids is 1. The summed E-state index contributed by atoms with van der Waals surface area (Å²) in [6.45, 7) is 3.14. The molecule has 3 rings (SSSR count). The van der Waals surface area contributed by atoms with Crippen LogP contribution < -0.4 is 5.32 Å². The van der Waals surface area contributed by atoms with Crippen LogP contribution in [0.1, 0.15) is 23.1 Å². The standard InChI is InChI=1S/C18H24N4O3S2/c1-13(19-2)18(23)22-8-6-14-4-5-16(10-15(14)11-22)27(24,25)21(3)12-17-20-7-9-26-17/h4-5,7,9-10,13,19H,6,8,11-12H2,1-3H3/t13-/m0/s1. The quantitative estimate of drug-likeness (QED) is 0.782. The average Bonchev–Trinajstić information content (AvgIpc) is 3.18. The van der Waals surface area contributed by atoms with E-state index < -0.39 is 10.0 Å². The highest BCUT2D eigenvalue weighted by Gasteiger charge is 2.27. The molecule has 0 bridgehead atoms. The zero-order valence-corrected chi connectivity index (χ0v) is 17.3. The van der Waals surface area contributed by atoms with Gasteiger partial charge >= 0.3 is 0 Å². The number of carbonyl (C=O) groups is 1. The number of rotatable bonds is 6. The van der Waals surface area contributed by atoms with Gasteiger partial charge in [-0.15, -0.1) is 11.3 Å². The van der Waals surface area contributed by atoms with Crippen molar-refractivity contribution in [3.05, 3.63) is 45.9 Å². The number of thiazole rings is 1. The van der Waals surface area contributed by atoms with Gasteiger partial charge in [0.15, 0.2) is 0 Å². The maximum absolute atomic E-state index is 12.9. The molecule has 0 radical (unpaired) electrons. The number of likely N-dealkylation sites (N-methyl/N-ethyl adjacent to an activating group) is 1. The predicted molar refractivity (Wildman–Crippen MR) is 105 cm³/mol. The fourth-order valence-corrected chi connectivity index (χ4v) is 5.00. The Morgan fingerprint density at radius 2 is 2.19 bits per heavy atom. The average molecular weight is 409 g/mol. The molecule has 0 saturated carbocycles. The summed E-state index contributed by atoms with van der Waals surface area (Å²) in [5.41, 5.74) is 1.99. The minimum Gasteiger partial charge on any atom is -0.337 e. The van der Waals surface area contributed by atoms with Crippen molar-refractivity contribution in [3.63, 3.8) is 0 Å². The summed E-state index contributed by atoms with van der Waals surface area (Å²) in [4.78, 5) is 18.6. The molecule has 1 aliphatic rings. The minimum absolute atomic E-state index is 0.0253. The topological polar surface area (TPSA) is 82.6 Å². The first-order chi connectivity index (χ1) is 12.8. The van der Waals surface area contributed by atoms with Crippen molar-refractivity contribution >= 4 is 27.3 Å². The second kappa shape index (κ2) is 8.05. The molecule has 1 N–H and O–H groups in total. The molecule has 0 spiro atoms. The first kappa shape index (κ1) is 19.9. The number of hydrogen-bond acceptors (Lipinski definition) is 6. The predicted octanol–water partition coefficient (Wildman–Crippen LogP) is 1.46. The Morgan fingerprint density at radius 3 is 2.85 bits per heavy atom. The molecule has 0 fully saturated rings. The number of nitrogens with zero attached hydrogens (tertiary/aromatic N) is 3. The van der Waals surface area contributed by atoms with Crippen molar-refractivity contribution < 1.29 is 13.2 Å². The van der Waals surface area contributed by atoms with E-state index in [2.05, 4.69) is 10.3 Å². The Balaban J connectivity index is 1.82. The molecule has 2 aromatic rings. The molecular formula is C18H24N4O3S2. The lowest BCUT2D eigenvalue weighted by Crippen LogP contribution is -2.45. The maximum atomic E-state index is 12.9. The SMILES string of the molecule is CN[C@@H](C)C(=O)N1CCc2ccc(S(=O)(=O)N(C)Cc3nccs3)cc2C1. The van der Waals surface area contributed by atoms with Gasteiger partial charge in [0.25, 0.3) is 0 Å². The van der Waals surface area contributed by atoms with Crippen LogP contribution in [0.25, 0.3) is 0 Å². The Morgan fingerprint density at radius 1 is 1.41 bits per heavy atom. The van der Waals surface area contributed by atoms with Gasteiger partial charge in [0.2, 0.25) is 15.9 Å². The van der Waals surface area contributed by atoms with Gasteiger partial charge < -0.3 is 10.2 Å². The lowest BCUT2D eigenvalue weighted by atomic mass is 9.99. The first-order valence-corrected chi connectivity index (χ1v) is 11.1. The molecule has 1 aromatic heterocycles. The van der Waals surface area contributed by atoms with Crippen LogP contribution in [-0.2, 0) is 34.3 Å². The van der Waals surface area contributed by atoms with Gasteiger partial charge in [0.1, 0.15) is 5.01 Å². The molecule has 0 aliphatic carbocycles. The van der Waals surface area contributed by atoms with Crippen LogP contribution in [0, 0.1) is 0 Å². The summed E-state index contributed by atoms with van der Waals surface area (Å²) in [5, 5.41) is 5.53. The molecule has 146 valence electrons. The third-order valence-corrected chi connectivity index (χ3v) is 7.42. The van der Waals surface area contributed by atoms with Gasteiger partial charge in [-0.2, -0.15) is 4.31 Å². The highest BCUT2D eigenvalue weighted by atomic mass is 32.2. The summed E-state index contributed by atoms with van der Waals surface area (Å²) in [7, 11) is -0.314. The van der Waals surface area contributed by atoms with Crippen LogP contribution in [0.4, 0.5) is 0 Å². The number of nitrogens with one attached hydrogen (secondary N) is 1. The van der Waals surface area contributed by atoms with Crippen LogP contribution in [0.3, 0.4) is 0 Å². The summed E-state index contributed by atoms with van der Waals surface area (Å²) in [6, 6.07) is 4.96. The van der Waals surface area contributed by atoms with Crippen molar-refractivity contribution in [3.8, 4) is 0 Å². The molecule has 0 unspecified atom stereocenters. The van der Waals surface area contributed by atoms with E-state index >= 15 is 0 Å². The molecular weight excluding hydrogens is 384 g/mol. The minimum atomic E-state index is -3.62. The number of benzene rings is 1. The second-order valence-corrected chi connectivity index (χ2v) is 9.66. The first-order valence-electron chi connectivity index (χ1n) is 8.75. The smallest absolute Gasteiger partial charge is 0.243 e. The molecule has 7 nitrogen and oxygen atoms in total. The fourth-order valence-electron chi connectivity index (χ4n) is 3.07. The number of sulfonamides is 1. The molecule has 1 aromatic carbocycles. The van der Waals surface area contributed by atoms with Gasteiger partial charge in [-0.1, -0.05) is 6.07 Å². The molecule has 2 heterocycles. The molecule has 27 heavy (non-hydrogen) atoms. The van der Waals surface area contributed by atoms with Crippen molar-refractivity contribution in [2.45, 2.75) is 37.4 Å². The van der Waals surface area contributed by atoms with E-state index in [4.69, 9.17) is 0 Å². The van der Waals surface area contributed by atoms with E-state index in [0.717, 1.165) is 22.6 Å². The van der Waals surface area contributed by atoms with E-state index in [-0.39, 0.29) is 23.4 Å². The lowest BCUT2D eigenvalue weighted by Gasteiger charge is -2.31. The van der Waals surface area contributed by atoms with Crippen LogP contribution in [0.2, 0.25) is 0 Å². The summed E-state index contributed by atoms with van der Waals surface area (Å²) in [6.07, 6.45) is 2.39. The van der Waals surface area contributed by atoms with Crippen molar-refractivity contribution in [1.82, 2.24) is 19.5 Å². The van der Waals surface area contributed by atoms with E-state index in [9.17, 15) is 13.2 Å². The van der Waals surface area contributed by atoms with E-state index in [0.29, 0.717) is 13.1 Å². The van der Waals surface area contributed by atoms with Crippen molar-refractivity contribution in [2.75, 3.05) is 20.6 Å². The van der Waals surface area contributed by atoms with Crippen LogP contribution >= 0.6 is 11.3 Å². The molecule has 0 saturated heterocycles. The maximum Gasteiger partial charge on any atom is 0.243 e. The Kier molecular flexibility index (Phi) is 5.95. The zero-order chi connectivity index (χ0) is 19.6. The van der Waals surface area contributed by atoms with Crippen molar-refractivity contribution in [2.24, 2.45) is 0 Å². The monoisotopic (exact) mass is 408 g/mol. The molecule has 9 heteroatoms. The Bertz CT molecular complexity index is 913. The zero-order valence-electron chi connectivity index (χ0n) is 15.7. The number of aromatic nitrogens is 1. The second-order valence-electron chi connectivity index (χ2n) is 6.64. The Labute approximate surface area is 164 Å². The van der Waals surface area contributed by atoms with E-state index in [1.165, 1.54) is 15.6 Å². The number of amides is 1. The van der Waals surface area contributed by atoms with Crippen LogP contribution in [0.5, 0.6) is 0 Å². The summed E-state index contributed by atoms with van der Waals surface area (Å²) < 4.78 is 27.2. The van der Waals surface area contributed by atoms with Crippen LogP contribution in [-0.4, -0.2) is 55.2 Å². The molecule has 1 atom stereocenters. The number of fused-ring (bicyclic) bond motifs is 1. The van der Waals surface area contributed by atoms with Crippen molar-refractivity contribution in [1.29, 1.82) is 0 Å². The van der Waals surface area contributed by atoms with E-state index in [1.807, 2.05) is 18.4 Å². The van der Waals surface area contributed by atoms with Gasteiger partial charge in [0.05, 0.1) is 17.5 Å². The van der Waals surface area contributed by atoms with E-state index in [1.54, 1.807) is 37.3 Å². The fraction of sp³-hybridized carbons (Fsp3) is 0.444. The van der Waals surface area contributed by atoms with Crippen LogP contribution in [0.15, 0.2) is 34.7 Å². The largest absolute Gasteiger partial charge is 0.337 e. The third-order valence-electron chi connectivity index (χ3n) is 4.85.